The highest BCUT2D eigenvalue weighted by Gasteiger charge is 2.51. The molecule has 0 N–H and O–H groups in total. The Hall–Kier alpha value is -0.870. The first-order valence-electron chi connectivity index (χ1n) is 7.17. The summed E-state index contributed by atoms with van der Waals surface area (Å²) < 4.78 is 11.0. The Morgan fingerprint density at radius 1 is 1.40 bits per heavy atom. The van der Waals surface area contributed by atoms with Gasteiger partial charge in [-0.25, -0.2) is 4.79 Å². The third-order valence-corrected chi connectivity index (χ3v) is 4.69. The van der Waals surface area contributed by atoms with Gasteiger partial charge in [0, 0.05) is 12.8 Å². The van der Waals surface area contributed by atoms with Crippen LogP contribution >= 0.6 is 11.6 Å². The highest BCUT2D eigenvalue weighted by Crippen LogP contribution is 2.43. The van der Waals surface area contributed by atoms with Gasteiger partial charge in [-0.2, -0.15) is 0 Å². The van der Waals surface area contributed by atoms with Gasteiger partial charge in [0.05, 0.1) is 13.2 Å². The number of ether oxygens (including phenoxy) is 2. The first-order chi connectivity index (χ1) is 9.59. The van der Waals surface area contributed by atoms with Crippen molar-refractivity contribution in [3.63, 3.8) is 0 Å². The SMILES string of the molecule is C=CCOCCC1(C2CCCC2)CC(=O)C(Cl)C(=O)O1. The Kier molecular flexibility index (Phi) is 5.22. The zero-order valence-corrected chi connectivity index (χ0v) is 12.4. The number of hydrogen-bond donors (Lipinski definition) is 0. The summed E-state index contributed by atoms with van der Waals surface area (Å²) in [6.07, 6.45) is 6.67. The van der Waals surface area contributed by atoms with E-state index in [2.05, 4.69) is 6.58 Å². The van der Waals surface area contributed by atoms with Crippen LogP contribution < -0.4 is 0 Å². The molecule has 1 heterocycles. The number of carbonyl (C=O) groups excluding carboxylic acids is 2. The van der Waals surface area contributed by atoms with E-state index < -0.39 is 16.9 Å². The van der Waals surface area contributed by atoms with Crippen molar-refractivity contribution < 1.29 is 19.1 Å². The number of Topliss-reactive ketones (excluding diaryl/α,β-unsaturated/α-hetero) is 1. The second-order valence-electron chi connectivity index (χ2n) is 5.59. The number of alkyl halides is 1. The second kappa shape index (κ2) is 6.72. The molecule has 1 saturated carbocycles. The zero-order valence-electron chi connectivity index (χ0n) is 11.6. The van der Waals surface area contributed by atoms with Gasteiger partial charge in [-0.3, -0.25) is 4.79 Å². The molecule has 2 atom stereocenters. The van der Waals surface area contributed by atoms with Gasteiger partial charge in [0.25, 0.3) is 0 Å². The zero-order chi connectivity index (χ0) is 14.6. The molecule has 0 spiro atoms. The van der Waals surface area contributed by atoms with Crippen LogP contribution in [0.5, 0.6) is 0 Å². The van der Waals surface area contributed by atoms with Crippen LogP contribution in [-0.2, 0) is 19.1 Å². The summed E-state index contributed by atoms with van der Waals surface area (Å²) >= 11 is 5.77. The lowest BCUT2D eigenvalue weighted by molar-refractivity contribution is -0.179. The van der Waals surface area contributed by atoms with E-state index in [1.54, 1.807) is 6.08 Å². The Balaban J connectivity index is 2.09. The van der Waals surface area contributed by atoms with E-state index in [0.717, 1.165) is 25.7 Å². The van der Waals surface area contributed by atoms with E-state index in [-0.39, 0.29) is 18.1 Å². The number of rotatable bonds is 6. The van der Waals surface area contributed by atoms with Crippen LogP contribution in [0.15, 0.2) is 12.7 Å². The minimum absolute atomic E-state index is 0.217. The fourth-order valence-corrected chi connectivity index (χ4v) is 3.36. The minimum atomic E-state index is -1.14. The Morgan fingerprint density at radius 2 is 2.10 bits per heavy atom. The summed E-state index contributed by atoms with van der Waals surface area (Å²) in [6.45, 7) is 4.51. The monoisotopic (exact) mass is 300 g/mol. The Bertz CT molecular complexity index is 369. The summed E-state index contributed by atoms with van der Waals surface area (Å²) in [6, 6.07) is 0. The molecular weight excluding hydrogens is 280 g/mol. The van der Waals surface area contributed by atoms with Crippen LogP contribution in [0.1, 0.15) is 38.5 Å². The van der Waals surface area contributed by atoms with Crippen molar-refractivity contribution in [1.29, 1.82) is 0 Å². The van der Waals surface area contributed by atoms with Gasteiger partial charge in [0.15, 0.2) is 11.2 Å². The van der Waals surface area contributed by atoms with E-state index in [1.165, 1.54) is 0 Å². The van der Waals surface area contributed by atoms with Crippen LogP contribution in [0.25, 0.3) is 0 Å². The smallest absolute Gasteiger partial charge is 0.332 e. The topological polar surface area (TPSA) is 52.6 Å². The van der Waals surface area contributed by atoms with Crippen LogP contribution in [0, 0.1) is 5.92 Å². The molecule has 1 saturated heterocycles. The fourth-order valence-electron chi connectivity index (χ4n) is 3.24. The molecule has 0 radical (unpaired) electrons. The Morgan fingerprint density at radius 3 is 2.70 bits per heavy atom. The maximum Gasteiger partial charge on any atom is 0.332 e. The molecule has 1 aliphatic carbocycles. The maximum absolute atomic E-state index is 12.0. The molecule has 0 amide bonds. The maximum atomic E-state index is 12.0. The molecule has 1 aliphatic heterocycles. The molecule has 5 heteroatoms. The summed E-state index contributed by atoms with van der Waals surface area (Å²) in [5.41, 5.74) is -0.711. The first kappa shape index (κ1) is 15.5. The van der Waals surface area contributed by atoms with Crippen molar-refractivity contribution in [2.75, 3.05) is 13.2 Å². The molecular formula is C15H21ClO4. The molecule has 2 rings (SSSR count). The molecule has 2 fully saturated rings. The first-order valence-corrected chi connectivity index (χ1v) is 7.61. The highest BCUT2D eigenvalue weighted by atomic mass is 35.5. The molecule has 2 aliphatic rings. The number of halogens is 1. The summed E-state index contributed by atoms with van der Waals surface area (Å²) in [4.78, 5) is 23.8. The molecule has 0 aromatic heterocycles. The van der Waals surface area contributed by atoms with Gasteiger partial charge in [0.2, 0.25) is 0 Å². The third-order valence-electron chi connectivity index (χ3n) is 4.27. The van der Waals surface area contributed by atoms with Crippen molar-refractivity contribution in [2.24, 2.45) is 5.92 Å². The van der Waals surface area contributed by atoms with Crippen LogP contribution in [0.4, 0.5) is 0 Å². The van der Waals surface area contributed by atoms with E-state index in [1.807, 2.05) is 0 Å². The minimum Gasteiger partial charge on any atom is -0.457 e. The van der Waals surface area contributed by atoms with E-state index in [4.69, 9.17) is 21.1 Å². The van der Waals surface area contributed by atoms with E-state index in [9.17, 15) is 9.59 Å². The van der Waals surface area contributed by atoms with Gasteiger partial charge < -0.3 is 9.47 Å². The van der Waals surface area contributed by atoms with Crippen LogP contribution in [-0.4, -0.2) is 35.9 Å². The third kappa shape index (κ3) is 3.23. The molecule has 20 heavy (non-hydrogen) atoms. The number of ketones is 1. The average Bonchev–Trinajstić information content (AvgIpc) is 2.95. The second-order valence-corrected chi connectivity index (χ2v) is 6.02. The van der Waals surface area contributed by atoms with Gasteiger partial charge in [0.1, 0.15) is 5.60 Å². The number of esters is 1. The predicted octanol–water partition coefficient (Wildman–Crippen LogP) is 2.63. The normalized spacial score (nSPS) is 31.4. The number of cyclic esters (lactones) is 1. The van der Waals surface area contributed by atoms with Gasteiger partial charge in [-0.05, 0) is 18.8 Å². The number of hydrogen-bond acceptors (Lipinski definition) is 4. The van der Waals surface area contributed by atoms with Crippen molar-refractivity contribution in [1.82, 2.24) is 0 Å². The van der Waals surface area contributed by atoms with Crippen molar-refractivity contribution in [3.05, 3.63) is 12.7 Å². The van der Waals surface area contributed by atoms with E-state index >= 15 is 0 Å². The fraction of sp³-hybridized carbons (Fsp3) is 0.733. The summed E-state index contributed by atoms with van der Waals surface area (Å²) in [5, 5.41) is -1.14. The lowest BCUT2D eigenvalue weighted by Crippen LogP contribution is -2.52. The van der Waals surface area contributed by atoms with Gasteiger partial charge in [-0.1, -0.05) is 18.9 Å². The summed E-state index contributed by atoms with van der Waals surface area (Å²) in [5.74, 6) is -0.580. The van der Waals surface area contributed by atoms with Crippen LogP contribution in [0.3, 0.4) is 0 Å². The number of carbonyl (C=O) groups is 2. The largest absolute Gasteiger partial charge is 0.457 e. The predicted molar refractivity (Wildman–Crippen MR) is 75.7 cm³/mol. The van der Waals surface area contributed by atoms with E-state index in [0.29, 0.717) is 19.6 Å². The van der Waals surface area contributed by atoms with Crippen molar-refractivity contribution in [3.8, 4) is 0 Å². The lowest BCUT2D eigenvalue weighted by atomic mass is 9.77. The van der Waals surface area contributed by atoms with Crippen molar-refractivity contribution in [2.45, 2.75) is 49.5 Å². The molecule has 2 unspecified atom stereocenters. The molecule has 0 aromatic rings. The molecule has 112 valence electrons. The molecule has 4 nitrogen and oxygen atoms in total. The lowest BCUT2D eigenvalue weighted by Gasteiger charge is -2.41. The van der Waals surface area contributed by atoms with Gasteiger partial charge in [-0.15, -0.1) is 18.2 Å². The van der Waals surface area contributed by atoms with Crippen molar-refractivity contribution >= 4 is 23.4 Å². The molecule has 0 bridgehead atoms. The van der Waals surface area contributed by atoms with Crippen LogP contribution in [0.2, 0.25) is 0 Å². The Labute approximate surface area is 124 Å². The highest BCUT2D eigenvalue weighted by molar-refractivity contribution is 6.41. The molecule has 0 aromatic carbocycles. The van der Waals surface area contributed by atoms with Gasteiger partial charge >= 0.3 is 5.97 Å². The quantitative estimate of drug-likeness (QED) is 0.249. The summed E-state index contributed by atoms with van der Waals surface area (Å²) in [7, 11) is 0. The standard InChI is InChI=1S/C15H21ClO4/c1-2-8-19-9-7-15(11-5-3-4-6-11)10-12(17)13(16)14(18)20-15/h2,11,13H,1,3-10H2. The average molecular weight is 301 g/mol.